The normalized spacial score (nSPS) is 15.2. The second kappa shape index (κ2) is 9.40. The van der Waals surface area contributed by atoms with Gasteiger partial charge >= 0.3 is 0 Å². The summed E-state index contributed by atoms with van der Waals surface area (Å²) in [5.41, 5.74) is 1.02. The molecule has 1 heterocycles. The van der Waals surface area contributed by atoms with Crippen molar-refractivity contribution < 1.29 is 14.3 Å². The summed E-state index contributed by atoms with van der Waals surface area (Å²) in [5, 5.41) is 6.30. The zero-order valence-electron chi connectivity index (χ0n) is 14.2. The lowest BCUT2D eigenvalue weighted by Crippen LogP contribution is -2.37. The summed E-state index contributed by atoms with van der Waals surface area (Å²) in [6, 6.07) is 5.83. The molecule has 5 nitrogen and oxygen atoms in total. The van der Waals surface area contributed by atoms with Crippen LogP contribution < -0.4 is 20.1 Å². The number of carbonyl (C=O) groups is 1. The predicted molar refractivity (Wildman–Crippen MR) is 90.8 cm³/mol. The first-order valence-corrected chi connectivity index (χ1v) is 8.52. The van der Waals surface area contributed by atoms with Crippen LogP contribution in [0.4, 0.5) is 0 Å². The van der Waals surface area contributed by atoms with Gasteiger partial charge in [0.2, 0.25) is 5.91 Å². The van der Waals surface area contributed by atoms with Crippen molar-refractivity contribution in [2.24, 2.45) is 5.92 Å². The molecule has 2 N–H and O–H groups in total. The van der Waals surface area contributed by atoms with Gasteiger partial charge in [-0.2, -0.15) is 0 Å². The van der Waals surface area contributed by atoms with Crippen LogP contribution in [0.15, 0.2) is 18.2 Å². The van der Waals surface area contributed by atoms with E-state index >= 15 is 0 Å². The van der Waals surface area contributed by atoms with Gasteiger partial charge in [0.05, 0.1) is 13.7 Å². The van der Waals surface area contributed by atoms with Gasteiger partial charge in [-0.05, 0) is 50.0 Å². The van der Waals surface area contributed by atoms with Gasteiger partial charge < -0.3 is 20.1 Å². The summed E-state index contributed by atoms with van der Waals surface area (Å²) in [6.07, 6.45) is 3.96. The molecule has 1 aliphatic rings. The van der Waals surface area contributed by atoms with Crippen LogP contribution >= 0.6 is 0 Å². The highest BCUT2D eigenvalue weighted by atomic mass is 16.5. The van der Waals surface area contributed by atoms with Crippen molar-refractivity contribution in [1.82, 2.24) is 10.6 Å². The summed E-state index contributed by atoms with van der Waals surface area (Å²) in [4.78, 5) is 12.2. The van der Waals surface area contributed by atoms with Gasteiger partial charge in [-0.3, -0.25) is 4.79 Å². The quantitative estimate of drug-likeness (QED) is 0.723. The summed E-state index contributed by atoms with van der Waals surface area (Å²) in [7, 11) is 1.64. The fraction of sp³-hybridized carbons (Fsp3) is 0.611. The van der Waals surface area contributed by atoms with Crippen LogP contribution in [0.1, 0.15) is 38.2 Å². The summed E-state index contributed by atoms with van der Waals surface area (Å²) >= 11 is 0. The topological polar surface area (TPSA) is 59.6 Å². The van der Waals surface area contributed by atoms with E-state index in [0.717, 1.165) is 55.8 Å². The van der Waals surface area contributed by atoms with E-state index < -0.39 is 0 Å². The molecule has 1 fully saturated rings. The zero-order chi connectivity index (χ0) is 16.5. The van der Waals surface area contributed by atoms with E-state index in [1.165, 1.54) is 0 Å². The molecule has 0 atom stereocenters. The molecule has 0 radical (unpaired) electrons. The Morgan fingerprint density at radius 1 is 1.30 bits per heavy atom. The van der Waals surface area contributed by atoms with Crippen LogP contribution in [0, 0.1) is 5.92 Å². The van der Waals surface area contributed by atoms with Crippen LogP contribution in [-0.4, -0.2) is 32.7 Å². The van der Waals surface area contributed by atoms with Crippen molar-refractivity contribution in [3.05, 3.63) is 23.8 Å². The summed E-state index contributed by atoms with van der Waals surface area (Å²) in [6.45, 7) is 5.20. The first-order valence-electron chi connectivity index (χ1n) is 8.52. The summed E-state index contributed by atoms with van der Waals surface area (Å²) in [5.74, 6) is 1.76. The first-order chi connectivity index (χ1) is 11.2. The van der Waals surface area contributed by atoms with E-state index in [-0.39, 0.29) is 11.8 Å². The van der Waals surface area contributed by atoms with Crippen LogP contribution in [0.3, 0.4) is 0 Å². The van der Waals surface area contributed by atoms with Gasteiger partial charge in [0, 0.05) is 12.5 Å². The van der Waals surface area contributed by atoms with Crippen molar-refractivity contribution in [2.75, 3.05) is 26.8 Å². The van der Waals surface area contributed by atoms with Crippen molar-refractivity contribution in [3.8, 4) is 11.5 Å². The largest absolute Gasteiger partial charge is 0.493 e. The van der Waals surface area contributed by atoms with Gasteiger partial charge in [0.25, 0.3) is 0 Å². The molecule has 0 unspecified atom stereocenters. The van der Waals surface area contributed by atoms with E-state index in [2.05, 4.69) is 17.6 Å². The fourth-order valence-electron chi connectivity index (χ4n) is 2.69. The second-order valence-corrected chi connectivity index (χ2v) is 5.93. The zero-order valence-corrected chi connectivity index (χ0v) is 14.2. The predicted octanol–water partition coefficient (Wildman–Crippen LogP) is 2.49. The molecule has 0 saturated carbocycles. The Morgan fingerprint density at radius 2 is 2.09 bits per heavy atom. The average Bonchev–Trinajstić information content (AvgIpc) is 2.61. The molecular weight excluding hydrogens is 292 g/mol. The minimum Gasteiger partial charge on any atom is -0.493 e. The van der Waals surface area contributed by atoms with Crippen molar-refractivity contribution in [2.45, 2.75) is 39.2 Å². The van der Waals surface area contributed by atoms with Gasteiger partial charge in [0.15, 0.2) is 11.5 Å². The highest BCUT2D eigenvalue weighted by Gasteiger charge is 2.20. The van der Waals surface area contributed by atoms with Crippen molar-refractivity contribution in [1.29, 1.82) is 0 Å². The first kappa shape index (κ1) is 17.6. The molecule has 2 rings (SSSR count). The van der Waals surface area contributed by atoms with Gasteiger partial charge in [-0.1, -0.05) is 19.4 Å². The number of hydrogen-bond acceptors (Lipinski definition) is 4. The number of rotatable bonds is 8. The molecule has 1 aromatic rings. The molecule has 0 spiro atoms. The maximum Gasteiger partial charge on any atom is 0.223 e. The minimum absolute atomic E-state index is 0.134. The molecular formula is C18H28N2O3. The number of unbranched alkanes of at least 4 members (excludes halogenated alkanes) is 1. The lowest BCUT2D eigenvalue weighted by Gasteiger charge is -2.21. The number of ether oxygens (including phenoxy) is 2. The Morgan fingerprint density at radius 3 is 2.78 bits per heavy atom. The number of carbonyl (C=O) groups excluding carboxylic acids is 1. The van der Waals surface area contributed by atoms with E-state index in [0.29, 0.717) is 13.2 Å². The molecule has 1 amide bonds. The van der Waals surface area contributed by atoms with Gasteiger partial charge in [-0.25, -0.2) is 0 Å². The van der Waals surface area contributed by atoms with Gasteiger partial charge in [-0.15, -0.1) is 0 Å². The number of benzene rings is 1. The highest BCUT2D eigenvalue weighted by molar-refractivity contribution is 5.78. The number of nitrogens with one attached hydrogen (secondary N) is 2. The smallest absolute Gasteiger partial charge is 0.223 e. The number of methoxy groups -OCH3 is 1. The van der Waals surface area contributed by atoms with Crippen LogP contribution in [0.2, 0.25) is 0 Å². The Balaban J connectivity index is 1.88. The third-order valence-corrected chi connectivity index (χ3v) is 4.16. The molecule has 1 aliphatic heterocycles. The lowest BCUT2D eigenvalue weighted by atomic mass is 9.97. The minimum atomic E-state index is 0.134. The van der Waals surface area contributed by atoms with E-state index in [4.69, 9.17) is 9.47 Å². The fourth-order valence-corrected chi connectivity index (χ4v) is 2.69. The second-order valence-electron chi connectivity index (χ2n) is 5.93. The Labute approximate surface area is 138 Å². The highest BCUT2D eigenvalue weighted by Crippen LogP contribution is 2.28. The SMILES string of the molecule is CCCCOc1ccc(CNC(=O)C2CCNCC2)cc1OC. The number of piperidine rings is 1. The molecule has 1 aromatic carbocycles. The van der Waals surface area contributed by atoms with E-state index in [1.807, 2.05) is 18.2 Å². The Hall–Kier alpha value is -1.75. The average molecular weight is 320 g/mol. The van der Waals surface area contributed by atoms with E-state index in [1.54, 1.807) is 7.11 Å². The third kappa shape index (κ3) is 5.43. The molecule has 5 heteroatoms. The Kier molecular flexibility index (Phi) is 7.20. The molecule has 1 saturated heterocycles. The van der Waals surface area contributed by atoms with Crippen LogP contribution in [0.25, 0.3) is 0 Å². The maximum atomic E-state index is 12.2. The molecule has 0 aromatic heterocycles. The van der Waals surface area contributed by atoms with E-state index in [9.17, 15) is 4.79 Å². The van der Waals surface area contributed by atoms with Crippen molar-refractivity contribution in [3.63, 3.8) is 0 Å². The molecule has 0 bridgehead atoms. The van der Waals surface area contributed by atoms with Gasteiger partial charge in [0.1, 0.15) is 0 Å². The monoisotopic (exact) mass is 320 g/mol. The standard InChI is InChI=1S/C18H28N2O3/c1-3-4-11-23-16-6-5-14(12-17(16)22-2)13-20-18(21)15-7-9-19-10-8-15/h5-6,12,15,19H,3-4,7-11,13H2,1-2H3,(H,20,21). The Bertz CT molecular complexity index is 499. The number of hydrogen-bond donors (Lipinski definition) is 2. The maximum absolute atomic E-state index is 12.2. The molecule has 23 heavy (non-hydrogen) atoms. The lowest BCUT2D eigenvalue weighted by molar-refractivity contribution is -0.125. The van der Waals surface area contributed by atoms with Crippen molar-refractivity contribution >= 4 is 5.91 Å². The third-order valence-electron chi connectivity index (χ3n) is 4.16. The van der Waals surface area contributed by atoms with Crippen LogP contribution in [0.5, 0.6) is 11.5 Å². The molecule has 128 valence electrons. The summed E-state index contributed by atoms with van der Waals surface area (Å²) < 4.78 is 11.1. The molecule has 0 aliphatic carbocycles. The number of amides is 1. The van der Waals surface area contributed by atoms with Crippen LogP contribution in [-0.2, 0) is 11.3 Å².